The van der Waals surface area contributed by atoms with E-state index < -0.39 is 11.8 Å². The monoisotopic (exact) mass is 394 g/mol. The molecule has 0 heterocycles. The highest BCUT2D eigenvalue weighted by atomic mass is 16.5. The Morgan fingerprint density at radius 2 is 1.86 bits per heavy atom. The molecule has 1 fully saturated rings. The smallest absolute Gasteiger partial charge is 0.329 e. The van der Waals surface area contributed by atoms with Crippen molar-refractivity contribution in [3.05, 3.63) is 59.7 Å². The van der Waals surface area contributed by atoms with Crippen molar-refractivity contribution >= 4 is 29.6 Å². The van der Waals surface area contributed by atoms with Gasteiger partial charge in [-0.05, 0) is 49.6 Å². The van der Waals surface area contributed by atoms with Gasteiger partial charge in [-0.1, -0.05) is 29.8 Å². The van der Waals surface area contributed by atoms with Crippen LogP contribution >= 0.6 is 0 Å². The van der Waals surface area contributed by atoms with Gasteiger partial charge in [-0.3, -0.25) is 14.4 Å². The van der Waals surface area contributed by atoms with Crippen LogP contribution < -0.4 is 20.8 Å². The van der Waals surface area contributed by atoms with Crippen molar-refractivity contribution in [3.8, 4) is 5.75 Å². The second-order valence-corrected chi connectivity index (χ2v) is 6.72. The molecule has 150 valence electrons. The Hall–Kier alpha value is -3.68. The minimum atomic E-state index is -0.812. The van der Waals surface area contributed by atoms with Gasteiger partial charge in [0.25, 0.3) is 5.91 Å². The molecule has 0 radical (unpaired) electrons. The van der Waals surface area contributed by atoms with E-state index in [1.165, 1.54) is 6.21 Å². The number of nitrogens with one attached hydrogen (secondary N) is 3. The van der Waals surface area contributed by atoms with E-state index in [-0.39, 0.29) is 18.6 Å². The Morgan fingerprint density at radius 1 is 1.10 bits per heavy atom. The first-order valence-electron chi connectivity index (χ1n) is 9.23. The molecule has 0 unspecified atom stereocenters. The molecule has 2 aromatic rings. The van der Waals surface area contributed by atoms with Gasteiger partial charge in [0.2, 0.25) is 0 Å². The molecule has 0 aliphatic heterocycles. The molecule has 0 bridgehead atoms. The highest BCUT2D eigenvalue weighted by Crippen LogP contribution is 2.18. The van der Waals surface area contributed by atoms with Gasteiger partial charge in [0, 0.05) is 11.7 Å². The summed E-state index contributed by atoms with van der Waals surface area (Å²) in [6.07, 6.45) is 3.19. The van der Waals surface area contributed by atoms with Gasteiger partial charge in [-0.25, -0.2) is 5.43 Å². The lowest BCUT2D eigenvalue weighted by atomic mass is 10.2. The molecular weight excluding hydrogens is 372 g/mol. The molecule has 1 aliphatic rings. The second kappa shape index (κ2) is 9.50. The molecule has 0 atom stereocenters. The van der Waals surface area contributed by atoms with Crippen LogP contribution in [0.2, 0.25) is 0 Å². The molecule has 29 heavy (non-hydrogen) atoms. The Balaban J connectivity index is 1.45. The van der Waals surface area contributed by atoms with E-state index >= 15 is 0 Å². The third-order valence-corrected chi connectivity index (χ3v) is 4.06. The normalized spacial score (nSPS) is 13.0. The number of ether oxygens (including phenoxy) is 1. The first-order valence-corrected chi connectivity index (χ1v) is 9.23. The summed E-state index contributed by atoms with van der Waals surface area (Å²) >= 11 is 0. The molecule has 0 aromatic heterocycles. The molecule has 8 heteroatoms. The molecule has 8 nitrogen and oxygen atoms in total. The summed E-state index contributed by atoms with van der Waals surface area (Å²) < 4.78 is 5.50. The highest BCUT2D eigenvalue weighted by Gasteiger charge is 2.26. The third kappa shape index (κ3) is 6.76. The number of carbonyl (C=O) groups is 3. The number of aryl methyl sites for hydroxylation is 1. The summed E-state index contributed by atoms with van der Waals surface area (Å²) in [5, 5.41) is 9.10. The molecule has 3 N–H and O–H groups in total. The number of amides is 3. The fourth-order valence-electron chi connectivity index (χ4n) is 2.36. The molecular formula is C21H22N4O4. The zero-order valence-corrected chi connectivity index (χ0v) is 16.0. The van der Waals surface area contributed by atoms with E-state index in [1.807, 2.05) is 31.2 Å². The van der Waals surface area contributed by atoms with E-state index in [2.05, 4.69) is 21.2 Å². The van der Waals surface area contributed by atoms with Crippen molar-refractivity contribution < 1.29 is 19.1 Å². The summed E-state index contributed by atoms with van der Waals surface area (Å²) in [4.78, 5) is 35.1. The number of hydrogen-bond acceptors (Lipinski definition) is 5. The van der Waals surface area contributed by atoms with Crippen molar-refractivity contribution in [2.24, 2.45) is 5.10 Å². The quantitative estimate of drug-likeness (QED) is 0.378. The third-order valence-electron chi connectivity index (χ3n) is 4.06. The summed E-state index contributed by atoms with van der Waals surface area (Å²) in [7, 11) is 0. The van der Waals surface area contributed by atoms with Gasteiger partial charge < -0.3 is 15.4 Å². The van der Waals surface area contributed by atoms with E-state index in [9.17, 15) is 14.4 Å². The van der Waals surface area contributed by atoms with Gasteiger partial charge >= 0.3 is 11.8 Å². The van der Waals surface area contributed by atoms with E-state index in [0.29, 0.717) is 17.0 Å². The van der Waals surface area contributed by atoms with Crippen molar-refractivity contribution in [2.45, 2.75) is 25.8 Å². The van der Waals surface area contributed by atoms with Crippen LogP contribution in [-0.4, -0.2) is 36.6 Å². The number of carbonyl (C=O) groups excluding carboxylic acids is 3. The molecule has 2 aromatic carbocycles. The summed E-state index contributed by atoms with van der Waals surface area (Å²) in [5.41, 5.74) is 4.63. The van der Waals surface area contributed by atoms with Crippen LogP contribution in [0.5, 0.6) is 5.75 Å². The topological polar surface area (TPSA) is 109 Å². The SMILES string of the molecule is Cc1ccc(NC(=O)COc2cccc(/C=N\NC(=O)C(=O)NC3CC3)c2)cc1. The largest absolute Gasteiger partial charge is 0.484 e. The minimum Gasteiger partial charge on any atom is -0.484 e. The Bertz CT molecular complexity index is 921. The van der Waals surface area contributed by atoms with Gasteiger partial charge in [-0.15, -0.1) is 0 Å². The van der Waals surface area contributed by atoms with Crippen LogP contribution in [0, 0.1) is 6.92 Å². The molecule has 1 aliphatic carbocycles. The van der Waals surface area contributed by atoms with Crippen molar-refractivity contribution in [1.82, 2.24) is 10.7 Å². The molecule has 0 saturated heterocycles. The van der Waals surface area contributed by atoms with Crippen molar-refractivity contribution in [1.29, 1.82) is 0 Å². The van der Waals surface area contributed by atoms with E-state index in [4.69, 9.17) is 4.74 Å². The zero-order valence-electron chi connectivity index (χ0n) is 16.0. The standard InChI is InChI=1S/C21H22N4O4/c1-14-5-7-16(8-6-14)23-19(26)13-29-18-4-2-3-15(11-18)12-22-25-21(28)20(27)24-17-9-10-17/h2-8,11-12,17H,9-10,13H2,1H3,(H,23,26)(H,24,27)(H,25,28)/b22-12-. The van der Waals surface area contributed by atoms with Crippen LogP contribution in [0.3, 0.4) is 0 Å². The summed E-state index contributed by atoms with van der Waals surface area (Å²) in [6.45, 7) is 1.83. The predicted molar refractivity (Wildman–Crippen MR) is 109 cm³/mol. The molecule has 0 spiro atoms. The average molecular weight is 394 g/mol. The number of rotatable bonds is 7. The number of hydrazone groups is 1. The zero-order chi connectivity index (χ0) is 20.6. The fourth-order valence-corrected chi connectivity index (χ4v) is 2.36. The lowest BCUT2D eigenvalue weighted by molar-refractivity contribution is -0.139. The Morgan fingerprint density at radius 3 is 2.59 bits per heavy atom. The van der Waals surface area contributed by atoms with Crippen LogP contribution in [-0.2, 0) is 14.4 Å². The summed E-state index contributed by atoms with van der Waals surface area (Å²) in [5.74, 6) is -1.30. The molecule has 3 rings (SSSR count). The van der Waals surface area contributed by atoms with Gasteiger partial charge in [0.15, 0.2) is 6.61 Å². The maximum atomic E-state index is 12.0. The maximum Gasteiger partial charge on any atom is 0.329 e. The van der Waals surface area contributed by atoms with Crippen molar-refractivity contribution in [3.63, 3.8) is 0 Å². The highest BCUT2D eigenvalue weighted by molar-refractivity contribution is 6.35. The molecule has 1 saturated carbocycles. The summed E-state index contributed by atoms with van der Waals surface area (Å²) in [6, 6.07) is 14.4. The Labute approximate surface area is 168 Å². The lowest BCUT2D eigenvalue weighted by Gasteiger charge is -2.08. The fraction of sp³-hybridized carbons (Fsp3) is 0.238. The predicted octanol–water partition coefficient (Wildman–Crippen LogP) is 1.74. The lowest BCUT2D eigenvalue weighted by Crippen LogP contribution is -2.38. The van der Waals surface area contributed by atoms with Gasteiger partial charge in [-0.2, -0.15) is 5.10 Å². The van der Waals surface area contributed by atoms with E-state index in [0.717, 1.165) is 18.4 Å². The number of hydrogen-bond donors (Lipinski definition) is 3. The van der Waals surface area contributed by atoms with Gasteiger partial charge in [0.05, 0.1) is 6.21 Å². The van der Waals surface area contributed by atoms with Crippen LogP contribution in [0.4, 0.5) is 5.69 Å². The first kappa shape index (κ1) is 20.1. The van der Waals surface area contributed by atoms with Crippen molar-refractivity contribution in [2.75, 3.05) is 11.9 Å². The van der Waals surface area contributed by atoms with Crippen LogP contribution in [0.1, 0.15) is 24.0 Å². The van der Waals surface area contributed by atoms with Crippen LogP contribution in [0.15, 0.2) is 53.6 Å². The second-order valence-electron chi connectivity index (χ2n) is 6.72. The van der Waals surface area contributed by atoms with Gasteiger partial charge in [0.1, 0.15) is 5.75 Å². The average Bonchev–Trinajstić information content (AvgIpc) is 3.52. The van der Waals surface area contributed by atoms with E-state index in [1.54, 1.807) is 24.3 Å². The Kier molecular flexibility index (Phi) is 6.57. The number of anilines is 1. The van der Waals surface area contributed by atoms with Crippen LogP contribution in [0.25, 0.3) is 0 Å². The first-order chi connectivity index (χ1) is 14.0. The minimum absolute atomic E-state index is 0.106. The number of nitrogens with zero attached hydrogens (tertiary/aromatic N) is 1. The molecule has 3 amide bonds. The maximum absolute atomic E-state index is 12.0. The number of benzene rings is 2.